The molecule has 0 aliphatic heterocycles. The van der Waals surface area contributed by atoms with Crippen molar-refractivity contribution < 1.29 is 23.8 Å². The molecule has 2 aromatic carbocycles. The molecule has 6 nitrogen and oxygen atoms in total. The first kappa shape index (κ1) is 19.6. The fourth-order valence-electron chi connectivity index (χ4n) is 2.16. The van der Waals surface area contributed by atoms with Crippen molar-refractivity contribution in [2.45, 2.75) is 19.6 Å². The maximum Gasteiger partial charge on any atom is 0.344 e. The van der Waals surface area contributed by atoms with Crippen LogP contribution in [0.15, 0.2) is 48.5 Å². The summed E-state index contributed by atoms with van der Waals surface area (Å²) < 4.78 is 15.6. The molecule has 0 aliphatic carbocycles. The van der Waals surface area contributed by atoms with Crippen molar-refractivity contribution >= 4 is 23.5 Å². The van der Waals surface area contributed by atoms with Gasteiger partial charge in [0.05, 0.1) is 7.11 Å². The molecule has 0 spiro atoms. The van der Waals surface area contributed by atoms with Gasteiger partial charge in [-0.15, -0.1) is 0 Å². The third-order valence-electron chi connectivity index (χ3n) is 3.48. The highest BCUT2D eigenvalue weighted by molar-refractivity contribution is 6.30. The normalized spacial score (nSPS) is 11.3. The maximum atomic E-state index is 12.1. The molecule has 26 heavy (non-hydrogen) atoms. The van der Waals surface area contributed by atoms with Crippen LogP contribution in [0.4, 0.5) is 0 Å². The molecule has 0 aromatic heterocycles. The van der Waals surface area contributed by atoms with Crippen molar-refractivity contribution in [3.63, 3.8) is 0 Å². The predicted octanol–water partition coefficient (Wildman–Crippen LogP) is 2.98. The molecule has 138 valence electrons. The van der Waals surface area contributed by atoms with Gasteiger partial charge in [0, 0.05) is 17.1 Å². The topological polar surface area (TPSA) is 73.9 Å². The van der Waals surface area contributed by atoms with Gasteiger partial charge in [0.25, 0.3) is 5.91 Å². The molecular weight excluding hydrogens is 358 g/mol. The molecule has 0 saturated carbocycles. The molecule has 0 radical (unpaired) electrons. The zero-order chi connectivity index (χ0) is 18.9. The average Bonchev–Trinajstić information content (AvgIpc) is 2.64. The number of halogens is 1. The van der Waals surface area contributed by atoms with E-state index in [2.05, 4.69) is 5.32 Å². The molecule has 0 bridgehead atoms. The molecule has 1 amide bonds. The number of esters is 1. The first-order valence-corrected chi connectivity index (χ1v) is 8.35. The molecule has 0 heterocycles. The molecule has 1 N–H and O–H groups in total. The van der Waals surface area contributed by atoms with Crippen LogP contribution in [0.2, 0.25) is 5.02 Å². The summed E-state index contributed by atoms with van der Waals surface area (Å²) in [5.74, 6) is 0.0621. The van der Waals surface area contributed by atoms with E-state index in [1.54, 1.807) is 37.4 Å². The Morgan fingerprint density at radius 2 is 1.92 bits per heavy atom. The van der Waals surface area contributed by atoms with Crippen molar-refractivity contribution in [1.82, 2.24) is 5.32 Å². The summed E-state index contributed by atoms with van der Waals surface area (Å²) in [5, 5.41) is 3.21. The van der Waals surface area contributed by atoms with Crippen LogP contribution in [0.3, 0.4) is 0 Å². The lowest BCUT2D eigenvalue weighted by atomic mass is 10.2. The number of rotatable bonds is 8. The number of methoxy groups -OCH3 is 1. The second-order valence-electron chi connectivity index (χ2n) is 5.41. The highest BCUT2D eigenvalue weighted by Crippen LogP contribution is 2.17. The summed E-state index contributed by atoms with van der Waals surface area (Å²) in [6, 6.07) is 14.0. The van der Waals surface area contributed by atoms with Gasteiger partial charge < -0.3 is 19.5 Å². The standard InChI is InChI=1S/C19H20ClNO5/c1-13(19(23)21-11-14-6-3-4-9-17(14)24-2)26-18(22)12-25-16-8-5-7-15(20)10-16/h3-10,13H,11-12H2,1-2H3,(H,21,23). The van der Waals surface area contributed by atoms with Crippen LogP contribution in [0.1, 0.15) is 12.5 Å². The summed E-state index contributed by atoms with van der Waals surface area (Å²) in [5.41, 5.74) is 0.825. The largest absolute Gasteiger partial charge is 0.496 e. The van der Waals surface area contributed by atoms with Crippen molar-refractivity contribution in [1.29, 1.82) is 0 Å². The van der Waals surface area contributed by atoms with Crippen LogP contribution < -0.4 is 14.8 Å². The fourth-order valence-corrected chi connectivity index (χ4v) is 2.34. The van der Waals surface area contributed by atoms with E-state index in [0.717, 1.165) is 5.56 Å². The summed E-state index contributed by atoms with van der Waals surface area (Å²) >= 11 is 5.83. The van der Waals surface area contributed by atoms with E-state index >= 15 is 0 Å². The van der Waals surface area contributed by atoms with Gasteiger partial charge in [0.2, 0.25) is 0 Å². The Hall–Kier alpha value is -2.73. The summed E-state index contributed by atoms with van der Waals surface area (Å²) in [7, 11) is 1.56. The molecule has 0 fully saturated rings. The van der Waals surface area contributed by atoms with Crippen molar-refractivity contribution in [3.8, 4) is 11.5 Å². The monoisotopic (exact) mass is 377 g/mol. The Bertz CT molecular complexity index is 765. The van der Waals surface area contributed by atoms with Gasteiger partial charge in [0.15, 0.2) is 12.7 Å². The molecule has 2 aromatic rings. The number of hydrogen-bond acceptors (Lipinski definition) is 5. The van der Waals surface area contributed by atoms with E-state index in [4.69, 9.17) is 25.8 Å². The van der Waals surface area contributed by atoms with Crippen LogP contribution in [0.25, 0.3) is 0 Å². The highest BCUT2D eigenvalue weighted by Gasteiger charge is 2.18. The number of hydrogen-bond donors (Lipinski definition) is 1. The SMILES string of the molecule is COc1ccccc1CNC(=O)C(C)OC(=O)COc1cccc(Cl)c1. The molecule has 1 unspecified atom stereocenters. The number of amides is 1. The second-order valence-corrected chi connectivity index (χ2v) is 5.84. The van der Waals surface area contributed by atoms with Gasteiger partial charge in [-0.05, 0) is 31.2 Å². The maximum absolute atomic E-state index is 12.1. The van der Waals surface area contributed by atoms with Gasteiger partial charge >= 0.3 is 5.97 Å². The van der Waals surface area contributed by atoms with E-state index in [1.165, 1.54) is 6.92 Å². The number of ether oxygens (including phenoxy) is 3. The van der Waals surface area contributed by atoms with Crippen LogP contribution >= 0.6 is 11.6 Å². The Morgan fingerprint density at radius 3 is 2.65 bits per heavy atom. The summed E-state index contributed by atoms with van der Waals surface area (Å²) in [6.07, 6.45) is -0.944. The van der Waals surface area contributed by atoms with E-state index in [9.17, 15) is 9.59 Å². The van der Waals surface area contributed by atoms with Gasteiger partial charge in [-0.3, -0.25) is 4.79 Å². The van der Waals surface area contributed by atoms with Crippen molar-refractivity contribution in [2.75, 3.05) is 13.7 Å². The molecule has 0 saturated heterocycles. The highest BCUT2D eigenvalue weighted by atomic mass is 35.5. The number of benzene rings is 2. The van der Waals surface area contributed by atoms with Crippen LogP contribution in [0.5, 0.6) is 11.5 Å². The minimum Gasteiger partial charge on any atom is -0.496 e. The quantitative estimate of drug-likeness (QED) is 0.716. The Labute approximate surface area is 157 Å². The number of carbonyl (C=O) groups excluding carboxylic acids is 2. The lowest BCUT2D eigenvalue weighted by Gasteiger charge is -2.15. The van der Waals surface area contributed by atoms with Gasteiger partial charge in [-0.25, -0.2) is 4.79 Å². The van der Waals surface area contributed by atoms with E-state index in [1.807, 2.05) is 18.2 Å². The lowest BCUT2D eigenvalue weighted by Crippen LogP contribution is -2.36. The Kier molecular flexibility index (Phi) is 7.29. The predicted molar refractivity (Wildman–Crippen MR) is 97.3 cm³/mol. The minimum atomic E-state index is -0.944. The first-order chi connectivity index (χ1) is 12.5. The molecule has 7 heteroatoms. The van der Waals surface area contributed by atoms with E-state index in [0.29, 0.717) is 16.5 Å². The summed E-state index contributed by atoms with van der Waals surface area (Å²) in [4.78, 5) is 23.9. The van der Waals surface area contributed by atoms with Crippen LogP contribution in [-0.2, 0) is 20.9 Å². The van der Waals surface area contributed by atoms with Crippen molar-refractivity contribution in [3.05, 3.63) is 59.1 Å². The number of carbonyl (C=O) groups is 2. The van der Waals surface area contributed by atoms with Crippen molar-refractivity contribution in [2.24, 2.45) is 0 Å². The fraction of sp³-hybridized carbons (Fsp3) is 0.263. The van der Waals surface area contributed by atoms with Gasteiger partial charge in [-0.1, -0.05) is 35.9 Å². The smallest absolute Gasteiger partial charge is 0.344 e. The third kappa shape index (κ3) is 5.97. The van der Waals surface area contributed by atoms with Crippen LogP contribution in [0, 0.1) is 0 Å². The molecule has 2 rings (SSSR count). The summed E-state index contributed by atoms with van der Waals surface area (Å²) in [6.45, 7) is 1.45. The number of para-hydroxylation sites is 1. The Morgan fingerprint density at radius 1 is 1.15 bits per heavy atom. The van der Waals surface area contributed by atoms with E-state index in [-0.39, 0.29) is 13.2 Å². The minimum absolute atomic E-state index is 0.268. The van der Waals surface area contributed by atoms with Gasteiger partial charge in [-0.2, -0.15) is 0 Å². The zero-order valence-corrected chi connectivity index (χ0v) is 15.3. The average molecular weight is 378 g/mol. The van der Waals surface area contributed by atoms with E-state index < -0.39 is 18.0 Å². The molecular formula is C19H20ClNO5. The lowest BCUT2D eigenvalue weighted by molar-refractivity contribution is -0.156. The van der Waals surface area contributed by atoms with Gasteiger partial charge in [0.1, 0.15) is 11.5 Å². The molecule has 0 aliphatic rings. The third-order valence-corrected chi connectivity index (χ3v) is 3.71. The van der Waals surface area contributed by atoms with Crippen LogP contribution in [-0.4, -0.2) is 31.7 Å². The number of nitrogens with one attached hydrogen (secondary N) is 1. The first-order valence-electron chi connectivity index (χ1n) is 7.97. The molecule has 1 atom stereocenters. The zero-order valence-electron chi connectivity index (χ0n) is 14.5. The second kappa shape index (κ2) is 9.68. The Balaban J connectivity index is 1.78.